The summed E-state index contributed by atoms with van der Waals surface area (Å²) >= 11 is 5.27. The molecule has 0 aliphatic carbocycles. The maximum Gasteiger partial charge on any atom is 0.490 e. The third-order valence-electron chi connectivity index (χ3n) is 3.51. The van der Waals surface area contributed by atoms with Crippen molar-refractivity contribution in [3.8, 4) is 11.3 Å². The van der Waals surface area contributed by atoms with E-state index in [1.807, 2.05) is 5.92 Å². The Morgan fingerprint density at radius 3 is 2.41 bits per heavy atom. The van der Waals surface area contributed by atoms with Crippen molar-refractivity contribution in [3.63, 3.8) is 0 Å². The zero-order chi connectivity index (χ0) is 24.5. The fourth-order valence-electron chi connectivity index (χ4n) is 2.35. The van der Waals surface area contributed by atoms with Gasteiger partial charge in [-0.05, 0) is 17.5 Å². The van der Waals surface area contributed by atoms with Gasteiger partial charge in [0.05, 0.1) is 12.8 Å². The molecule has 2 rings (SSSR count). The van der Waals surface area contributed by atoms with Crippen molar-refractivity contribution in [2.75, 3.05) is 12.3 Å². The van der Waals surface area contributed by atoms with E-state index in [1.165, 1.54) is 0 Å². The van der Waals surface area contributed by atoms with Gasteiger partial charge in [0.25, 0.3) is 0 Å². The molecule has 8 N–H and O–H groups in total. The Hall–Kier alpha value is -1.25. The van der Waals surface area contributed by atoms with Crippen molar-refractivity contribution in [1.29, 1.82) is 0 Å². The van der Waals surface area contributed by atoms with E-state index in [-0.39, 0.29) is 5.82 Å². The van der Waals surface area contributed by atoms with Gasteiger partial charge in [0.1, 0.15) is 18.0 Å². The van der Waals surface area contributed by atoms with Gasteiger partial charge in [-0.1, -0.05) is 0 Å². The number of ether oxygens (including phenoxy) is 1. The summed E-state index contributed by atoms with van der Waals surface area (Å²) in [6, 6.07) is 0. The number of aromatic nitrogens is 3. The molecule has 0 amide bonds. The van der Waals surface area contributed by atoms with Gasteiger partial charge in [-0.15, -0.1) is 0 Å². The number of hydrogen-bond acceptors (Lipinski definition) is 13. The highest BCUT2D eigenvalue weighted by Gasteiger charge is 2.57. The molecule has 3 unspecified atom stereocenters. The number of aliphatic hydroxyl groups excluding tert-OH is 1. The van der Waals surface area contributed by atoms with E-state index >= 15 is 0 Å². The second-order valence-corrected chi connectivity index (χ2v) is 10.4. The van der Waals surface area contributed by atoms with Crippen LogP contribution in [0.5, 0.6) is 0 Å². The van der Waals surface area contributed by atoms with E-state index < -0.39 is 59.8 Å². The summed E-state index contributed by atoms with van der Waals surface area (Å²) in [5, 5.41) is 26.4. The average molecular weight is 543 g/mol. The molecule has 1 aliphatic rings. The number of rotatable bonds is 8. The summed E-state index contributed by atoms with van der Waals surface area (Å²) in [5.41, 5.74) is 1.52. The number of aliphatic hydroxyl groups is 2. The number of phosphoric acid groups is 3. The fraction of sp³-hybridized carbons (Fsp3) is 0.500. The molecule has 1 aromatic heterocycles. The van der Waals surface area contributed by atoms with Crippen molar-refractivity contribution in [2.24, 2.45) is 0 Å². The Morgan fingerprint density at radius 2 is 1.88 bits per heavy atom. The number of anilines is 1. The van der Waals surface area contributed by atoms with Crippen molar-refractivity contribution in [1.82, 2.24) is 14.8 Å². The van der Waals surface area contributed by atoms with Gasteiger partial charge in [0.2, 0.25) is 5.60 Å². The third-order valence-corrected chi connectivity index (χ3v) is 7.40. The first-order valence-electron chi connectivity index (χ1n) is 7.68. The number of hydrogen-bond donors (Lipinski definition) is 7. The SMILES string of the molecule is Nc1cnn([C@@H]2O[C@H](COP(=O)(O)OP(=O)(O)OP(=O)(O)O)C(O)[C@]2(O)C#CCl)c(=O)n1. The predicted molar refractivity (Wildman–Crippen MR) is 99.0 cm³/mol. The second kappa shape index (κ2) is 9.55. The van der Waals surface area contributed by atoms with Gasteiger partial charge >= 0.3 is 29.2 Å². The molecule has 1 aliphatic heterocycles. The van der Waals surface area contributed by atoms with Crippen molar-refractivity contribution in [2.45, 2.75) is 24.0 Å². The van der Waals surface area contributed by atoms with Gasteiger partial charge < -0.3 is 40.3 Å². The van der Waals surface area contributed by atoms with Gasteiger partial charge in [-0.25, -0.2) is 18.5 Å². The molecule has 2 heterocycles. The average Bonchev–Trinajstić information content (AvgIpc) is 2.82. The first kappa shape index (κ1) is 27.0. The third kappa shape index (κ3) is 6.64. The molecule has 0 bridgehead atoms. The van der Waals surface area contributed by atoms with Crippen LogP contribution in [-0.4, -0.2) is 69.0 Å². The molecule has 6 atom stereocenters. The standard InChI is InChI=1S/C10H14ClN4O14P3/c11-2-1-10(18)7(16)5(27-8(10)15-9(17)14-6(12)3-13-15)4-26-31(22,23)29-32(24,25)28-30(19,20)21/h3,5,7-8,16,18H,4H2,(H,22,23)(H,24,25)(H2,12,14,17)(H2,19,20,21)/t5-,7?,8-,10-/m1/s1. The minimum absolute atomic E-state index is 0.291. The quantitative estimate of drug-likeness (QED) is 0.135. The monoisotopic (exact) mass is 542 g/mol. The second-order valence-electron chi connectivity index (χ2n) is 5.81. The lowest BCUT2D eigenvalue weighted by Gasteiger charge is -2.25. The highest BCUT2D eigenvalue weighted by atomic mass is 35.5. The molecule has 22 heteroatoms. The van der Waals surface area contributed by atoms with Crippen LogP contribution in [0, 0.1) is 11.3 Å². The highest BCUT2D eigenvalue weighted by molar-refractivity contribution is 7.66. The summed E-state index contributed by atoms with van der Waals surface area (Å²) in [5.74, 6) is 1.69. The normalized spacial score (nSPS) is 29.5. The topological polar surface area (TPSA) is 283 Å². The van der Waals surface area contributed by atoms with E-state index in [1.54, 1.807) is 5.38 Å². The lowest BCUT2D eigenvalue weighted by molar-refractivity contribution is -0.0832. The van der Waals surface area contributed by atoms with Gasteiger partial charge in [0, 0.05) is 5.38 Å². The van der Waals surface area contributed by atoms with Crippen LogP contribution in [0.15, 0.2) is 11.0 Å². The van der Waals surface area contributed by atoms with Crippen molar-refractivity contribution in [3.05, 3.63) is 16.7 Å². The molecule has 1 fully saturated rings. The van der Waals surface area contributed by atoms with Crippen LogP contribution < -0.4 is 11.4 Å². The Labute approximate surface area is 181 Å². The molecular formula is C10H14ClN4O14P3. The number of nitrogen functional groups attached to an aromatic ring is 1. The zero-order valence-corrected chi connectivity index (χ0v) is 18.5. The lowest BCUT2D eigenvalue weighted by atomic mass is 9.95. The lowest BCUT2D eigenvalue weighted by Crippen LogP contribution is -2.48. The largest absolute Gasteiger partial charge is 0.490 e. The first-order valence-corrected chi connectivity index (χ1v) is 12.6. The van der Waals surface area contributed by atoms with E-state index in [0.29, 0.717) is 4.68 Å². The minimum Gasteiger partial charge on any atom is -0.386 e. The van der Waals surface area contributed by atoms with Crippen LogP contribution >= 0.6 is 35.1 Å². The van der Waals surface area contributed by atoms with E-state index in [4.69, 9.17) is 36.8 Å². The molecule has 32 heavy (non-hydrogen) atoms. The maximum absolute atomic E-state index is 12.0. The molecule has 180 valence electrons. The first-order chi connectivity index (χ1) is 14.5. The van der Waals surface area contributed by atoms with Crippen LogP contribution in [0.1, 0.15) is 6.23 Å². The van der Waals surface area contributed by atoms with Gasteiger partial charge in [-0.2, -0.15) is 23.4 Å². The Kier molecular flexibility index (Phi) is 8.06. The summed E-state index contributed by atoms with van der Waals surface area (Å²) < 4.78 is 50.8. The smallest absolute Gasteiger partial charge is 0.386 e. The Morgan fingerprint density at radius 1 is 1.25 bits per heavy atom. The van der Waals surface area contributed by atoms with Crippen LogP contribution in [0.3, 0.4) is 0 Å². The van der Waals surface area contributed by atoms with Gasteiger partial charge in [0.15, 0.2) is 6.23 Å². The zero-order valence-electron chi connectivity index (χ0n) is 15.1. The molecular weight excluding hydrogens is 528 g/mol. The highest BCUT2D eigenvalue weighted by Crippen LogP contribution is 2.66. The molecule has 1 aromatic rings. The summed E-state index contributed by atoms with van der Waals surface area (Å²) in [6.07, 6.45) is -4.85. The van der Waals surface area contributed by atoms with Crippen LogP contribution in [-0.2, 0) is 31.6 Å². The van der Waals surface area contributed by atoms with Crippen molar-refractivity contribution >= 4 is 40.9 Å². The number of nitrogens with two attached hydrogens (primary N) is 1. The molecule has 0 aromatic carbocycles. The number of halogens is 1. The molecule has 1 saturated heterocycles. The van der Waals surface area contributed by atoms with E-state index in [2.05, 4.69) is 23.2 Å². The van der Waals surface area contributed by atoms with Crippen LogP contribution in [0.25, 0.3) is 0 Å². The maximum atomic E-state index is 12.0. The fourth-order valence-corrected chi connectivity index (χ4v) is 5.53. The number of nitrogens with zero attached hydrogens (tertiary/aromatic N) is 3. The Bertz CT molecular complexity index is 1130. The van der Waals surface area contributed by atoms with Crippen LogP contribution in [0.2, 0.25) is 0 Å². The molecule has 0 spiro atoms. The molecule has 0 radical (unpaired) electrons. The summed E-state index contributed by atoms with van der Waals surface area (Å²) in [6.45, 7) is -1.16. The summed E-state index contributed by atoms with van der Waals surface area (Å²) in [7, 11) is -17.0. The molecule has 0 saturated carbocycles. The van der Waals surface area contributed by atoms with Crippen LogP contribution in [0.4, 0.5) is 5.82 Å². The van der Waals surface area contributed by atoms with E-state index in [0.717, 1.165) is 6.20 Å². The van der Waals surface area contributed by atoms with Gasteiger partial charge in [-0.3, -0.25) is 4.52 Å². The minimum atomic E-state index is -5.79. The van der Waals surface area contributed by atoms with Crippen molar-refractivity contribution < 1.29 is 61.4 Å². The predicted octanol–water partition coefficient (Wildman–Crippen LogP) is -2.25. The number of phosphoric ester groups is 1. The Balaban J connectivity index is 2.23. The van der Waals surface area contributed by atoms with E-state index in [9.17, 15) is 33.6 Å². The summed E-state index contributed by atoms with van der Waals surface area (Å²) in [4.78, 5) is 50.9. The molecule has 18 nitrogen and oxygen atoms in total.